The second kappa shape index (κ2) is 10.6. The van der Waals surface area contributed by atoms with Crippen molar-refractivity contribution in [3.63, 3.8) is 0 Å². The second-order valence-electron chi connectivity index (χ2n) is 8.61. The molecule has 0 bridgehead atoms. The van der Waals surface area contributed by atoms with Crippen molar-refractivity contribution >= 4 is 22.5 Å². The molecule has 1 heterocycles. The number of carbonyl (C=O) groups excluding carboxylic acids is 1. The fourth-order valence-electron chi connectivity index (χ4n) is 4.51. The first-order valence-electron chi connectivity index (χ1n) is 10.8. The maximum Gasteiger partial charge on any atom is 0.307 e. The standard InChI is InChI=1S/C23H33NO5S/c1-15-5-3-2-4-6-17-11-19(25)12-20(17)23(27)21(13-22(26)29-15)30(28)14-16-7-9-18(24)10-8-16/h4,6-10,15,17,19-21,23,25,27H,2-3,5,11-14,24H2,1H3/b6-4+/t15-,17+,19-,20+,21+,23-,30-/m0/s1. The van der Waals surface area contributed by atoms with Gasteiger partial charge in [-0.1, -0.05) is 24.3 Å². The number of nitrogens with two attached hydrogens (primary N) is 1. The summed E-state index contributed by atoms with van der Waals surface area (Å²) in [6.45, 7) is 1.86. The molecule has 1 saturated carbocycles. The molecule has 0 spiro atoms. The molecule has 0 saturated heterocycles. The number of cyclic esters (lactones) is 1. The van der Waals surface area contributed by atoms with Gasteiger partial charge >= 0.3 is 5.97 Å². The van der Waals surface area contributed by atoms with Gasteiger partial charge in [-0.25, -0.2) is 0 Å². The predicted molar refractivity (Wildman–Crippen MR) is 118 cm³/mol. The molecule has 1 aliphatic heterocycles. The van der Waals surface area contributed by atoms with E-state index in [1.165, 1.54) is 0 Å². The summed E-state index contributed by atoms with van der Waals surface area (Å²) in [5.74, 6) is -0.428. The minimum absolute atomic E-state index is 0.0141. The Kier molecular flexibility index (Phi) is 8.08. The van der Waals surface area contributed by atoms with Crippen LogP contribution in [0.4, 0.5) is 5.69 Å². The lowest BCUT2D eigenvalue weighted by Gasteiger charge is -2.29. The summed E-state index contributed by atoms with van der Waals surface area (Å²) in [6.07, 6.45) is 5.95. The van der Waals surface area contributed by atoms with E-state index in [9.17, 15) is 19.2 Å². The Morgan fingerprint density at radius 1 is 1.20 bits per heavy atom. The first-order chi connectivity index (χ1) is 14.3. The topological polar surface area (TPSA) is 110 Å². The van der Waals surface area contributed by atoms with Gasteiger partial charge in [0.1, 0.15) is 0 Å². The average molecular weight is 436 g/mol. The normalized spacial score (nSPS) is 35.2. The zero-order chi connectivity index (χ0) is 21.7. The van der Waals surface area contributed by atoms with Gasteiger partial charge in [-0.15, -0.1) is 0 Å². The smallest absolute Gasteiger partial charge is 0.307 e. The highest BCUT2D eigenvalue weighted by Gasteiger charge is 2.42. The first kappa shape index (κ1) is 23.0. The Bertz CT molecular complexity index is 765. The lowest BCUT2D eigenvalue weighted by molar-refractivity contribution is -0.149. The van der Waals surface area contributed by atoms with E-state index in [4.69, 9.17) is 10.5 Å². The number of benzene rings is 1. The number of ether oxygens (including phenoxy) is 1. The van der Waals surface area contributed by atoms with E-state index in [-0.39, 0.29) is 30.1 Å². The molecule has 166 valence electrons. The van der Waals surface area contributed by atoms with Crippen molar-refractivity contribution in [1.82, 2.24) is 0 Å². The summed E-state index contributed by atoms with van der Waals surface area (Å²) in [4.78, 5) is 12.6. The van der Waals surface area contributed by atoms with Crippen LogP contribution in [0.25, 0.3) is 0 Å². The number of rotatable bonds is 3. The van der Waals surface area contributed by atoms with Gasteiger partial charge in [0.2, 0.25) is 0 Å². The second-order valence-corrected chi connectivity index (χ2v) is 10.3. The van der Waals surface area contributed by atoms with Crippen molar-refractivity contribution in [2.45, 2.75) is 74.8 Å². The highest BCUT2D eigenvalue weighted by atomic mass is 32.2. The maximum atomic E-state index is 13.3. The van der Waals surface area contributed by atoms with Crippen molar-refractivity contribution in [2.24, 2.45) is 11.8 Å². The lowest BCUT2D eigenvalue weighted by Crippen LogP contribution is -2.40. The summed E-state index contributed by atoms with van der Waals surface area (Å²) in [7, 11) is -1.49. The molecule has 30 heavy (non-hydrogen) atoms. The van der Waals surface area contributed by atoms with Crippen molar-refractivity contribution in [3.05, 3.63) is 42.0 Å². The number of carbonyl (C=O) groups is 1. The van der Waals surface area contributed by atoms with Gasteiger partial charge < -0.3 is 20.7 Å². The molecule has 3 rings (SSSR count). The molecule has 6 nitrogen and oxygen atoms in total. The van der Waals surface area contributed by atoms with Gasteiger partial charge in [-0.05, 0) is 68.6 Å². The zero-order valence-corrected chi connectivity index (χ0v) is 18.3. The molecule has 0 amide bonds. The van der Waals surface area contributed by atoms with Crippen LogP contribution in [-0.2, 0) is 26.1 Å². The summed E-state index contributed by atoms with van der Waals surface area (Å²) in [5, 5.41) is 20.7. The highest BCUT2D eigenvalue weighted by molar-refractivity contribution is 7.84. The average Bonchev–Trinajstić information content (AvgIpc) is 3.07. The van der Waals surface area contributed by atoms with E-state index in [0.717, 1.165) is 24.8 Å². The summed E-state index contributed by atoms with van der Waals surface area (Å²) >= 11 is 0. The van der Waals surface area contributed by atoms with Gasteiger partial charge in [-0.2, -0.15) is 0 Å². The van der Waals surface area contributed by atoms with Crippen LogP contribution >= 0.6 is 0 Å². The number of aliphatic hydroxyl groups is 2. The van der Waals surface area contributed by atoms with Gasteiger partial charge in [0.25, 0.3) is 0 Å². The Balaban J connectivity index is 1.84. The third-order valence-corrected chi connectivity index (χ3v) is 7.89. The highest BCUT2D eigenvalue weighted by Crippen LogP contribution is 2.38. The molecule has 2 aliphatic rings. The molecule has 7 heteroatoms. The van der Waals surface area contributed by atoms with E-state index >= 15 is 0 Å². The van der Waals surface area contributed by atoms with Crippen molar-refractivity contribution in [1.29, 1.82) is 0 Å². The molecule has 1 fully saturated rings. The summed E-state index contributed by atoms with van der Waals surface area (Å²) in [5.41, 5.74) is 7.19. The first-order valence-corrected chi connectivity index (χ1v) is 12.2. The van der Waals surface area contributed by atoms with Gasteiger partial charge in [0, 0.05) is 22.2 Å². The molecule has 1 aromatic carbocycles. The van der Waals surface area contributed by atoms with E-state index in [2.05, 4.69) is 12.2 Å². The number of esters is 1. The lowest BCUT2D eigenvalue weighted by atomic mass is 9.87. The Morgan fingerprint density at radius 3 is 2.67 bits per heavy atom. The Labute approximate surface area is 181 Å². The molecule has 0 unspecified atom stereocenters. The SMILES string of the molecule is C[C@H]1CCC/C=C/[C@@H]2C[C@H](O)C[C@H]2[C@H](O)[C@H]([S@@](=O)Cc2ccc(N)cc2)CC(=O)O1. The van der Waals surface area contributed by atoms with Gasteiger partial charge in [0.15, 0.2) is 0 Å². The Hall–Kier alpha value is -1.70. The third-order valence-electron chi connectivity index (χ3n) is 6.15. The molecular weight excluding hydrogens is 402 g/mol. The monoisotopic (exact) mass is 435 g/mol. The molecule has 0 radical (unpaired) electrons. The van der Waals surface area contributed by atoms with Crippen LogP contribution in [0.5, 0.6) is 0 Å². The fraction of sp³-hybridized carbons (Fsp3) is 0.609. The molecule has 7 atom stereocenters. The minimum atomic E-state index is -1.49. The molecule has 4 N–H and O–H groups in total. The molecule has 1 aromatic rings. The molecular formula is C23H33NO5S. The van der Waals surface area contributed by atoms with Crippen LogP contribution in [0.2, 0.25) is 0 Å². The maximum absolute atomic E-state index is 13.3. The number of anilines is 1. The van der Waals surface area contributed by atoms with Gasteiger partial charge in [0.05, 0.1) is 30.0 Å². The van der Waals surface area contributed by atoms with E-state index in [1.54, 1.807) is 12.1 Å². The number of fused-ring (bicyclic) bond motifs is 1. The zero-order valence-electron chi connectivity index (χ0n) is 17.5. The predicted octanol–water partition coefficient (Wildman–Crippen LogP) is 2.70. The molecule has 0 aromatic heterocycles. The van der Waals surface area contributed by atoms with Crippen LogP contribution in [-0.4, -0.2) is 44.0 Å². The van der Waals surface area contributed by atoms with Crippen molar-refractivity contribution in [2.75, 3.05) is 5.73 Å². The fourth-order valence-corrected chi connectivity index (χ4v) is 6.08. The molecule has 1 aliphatic carbocycles. The van der Waals surface area contributed by atoms with Crippen LogP contribution in [0, 0.1) is 11.8 Å². The largest absolute Gasteiger partial charge is 0.463 e. The minimum Gasteiger partial charge on any atom is -0.463 e. The Morgan fingerprint density at radius 2 is 1.93 bits per heavy atom. The number of aliphatic hydroxyl groups excluding tert-OH is 2. The van der Waals surface area contributed by atoms with E-state index in [1.807, 2.05) is 19.1 Å². The number of hydrogen-bond donors (Lipinski definition) is 3. The summed E-state index contributed by atoms with van der Waals surface area (Å²) in [6, 6.07) is 7.12. The number of nitrogen functional groups attached to an aromatic ring is 1. The van der Waals surface area contributed by atoms with Gasteiger partial charge in [-0.3, -0.25) is 9.00 Å². The van der Waals surface area contributed by atoms with E-state index < -0.39 is 34.2 Å². The third kappa shape index (κ3) is 6.15. The number of allylic oxidation sites excluding steroid dienone is 2. The van der Waals surface area contributed by atoms with Crippen molar-refractivity contribution in [3.8, 4) is 0 Å². The van der Waals surface area contributed by atoms with Crippen LogP contribution < -0.4 is 5.73 Å². The quantitative estimate of drug-likeness (QED) is 0.383. The van der Waals surface area contributed by atoms with Crippen LogP contribution in [0.3, 0.4) is 0 Å². The van der Waals surface area contributed by atoms with Crippen molar-refractivity contribution < 1.29 is 24.0 Å². The van der Waals surface area contributed by atoms with E-state index in [0.29, 0.717) is 18.5 Å². The van der Waals surface area contributed by atoms with Crippen LogP contribution in [0.1, 0.15) is 51.0 Å². The summed E-state index contributed by atoms with van der Waals surface area (Å²) < 4.78 is 18.8. The van der Waals surface area contributed by atoms with Crippen LogP contribution in [0.15, 0.2) is 36.4 Å². The number of hydrogen-bond acceptors (Lipinski definition) is 6.